The van der Waals surface area contributed by atoms with Crippen LogP contribution in [0.2, 0.25) is 0 Å². The molecule has 0 saturated heterocycles. The second kappa shape index (κ2) is 4.82. The Bertz CT molecular complexity index is 471. The number of nitrogens with two attached hydrogens (primary N) is 1. The summed E-state index contributed by atoms with van der Waals surface area (Å²) in [7, 11) is 0. The number of nitro groups is 1. The van der Waals surface area contributed by atoms with Crippen LogP contribution in [0.4, 0.5) is 5.69 Å². The second-order valence-electron chi connectivity index (χ2n) is 3.82. The van der Waals surface area contributed by atoms with E-state index in [0.29, 0.717) is 11.3 Å². The highest BCUT2D eigenvalue weighted by molar-refractivity contribution is 5.78. The van der Waals surface area contributed by atoms with E-state index in [4.69, 9.17) is 10.5 Å². The molecule has 6 heteroatoms. The molecule has 0 heterocycles. The lowest BCUT2D eigenvalue weighted by Crippen LogP contribution is -2.30. The zero-order chi connectivity index (χ0) is 13.2. The van der Waals surface area contributed by atoms with Gasteiger partial charge in [-0.15, -0.1) is 0 Å². The summed E-state index contributed by atoms with van der Waals surface area (Å²) in [4.78, 5) is 21.1. The number of carbonyl (C=O) groups excluding carboxylic acids is 1. The second-order valence-corrected chi connectivity index (χ2v) is 3.82. The maximum atomic E-state index is 10.9. The zero-order valence-corrected chi connectivity index (χ0v) is 9.89. The highest BCUT2D eigenvalue weighted by Gasteiger charge is 2.17. The van der Waals surface area contributed by atoms with Crippen molar-refractivity contribution in [1.29, 1.82) is 0 Å². The number of benzene rings is 1. The van der Waals surface area contributed by atoms with Gasteiger partial charge in [-0.2, -0.15) is 0 Å². The molecule has 1 atom stereocenters. The highest BCUT2D eigenvalue weighted by atomic mass is 16.6. The molecule has 0 spiro atoms. The van der Waals surface area contributed by atoms with Crippen LogP contribution in [0.25, 0.3) is 0 Å². The van der Waals surface area contributed by atoms with Crippen LogP contribution in [0.1, 0.15) is 18.1 Å². The van der Waals surface area contributed by atoms with Crippen LogP contribution in [0, 0.1) is 24.0 Å². The minimum Gasteiger partial charge on any atom is -0.480 e. The standard InChI is InChI=1S/C11H14N2O4/c1-6-4-7(2)10(5-9(6)13(15)16)17-8(3)11(12)14/h4-5,8H,1-3H3,(H2,12,14). The van der Waals surface area contributed by atoms with E-state index in [2.05, 4.69) is 0 Å². The summed E-state index contributed by atoms with van der Waals surface area (Å²) in [5.41, 5.74) is 6.30. The maximum Gasteiger partial charge on any atom is 0.276 e. The average Bonchev–Trinajstić information content (AvgIpc) is 2.21. The molecular formula is C11H14N2O4. The van der Waals surface area contributed by atoms with E-state index in [0.717, 1.165) is 5.56 Å². The largest absolute Gasteiger partial charge is 0.480 e. The first-order valence-corrected chi connectivity index (χ1v) is 5.04. The molecule has 0 aliphatic carbocycles. The van der Waals surface area contributed by atoms with Gasteiger partial charge in [-0.1, -0.05) is 0 Å². The van der Waals surface area contributed by atoms with Crippen molar-refractivity contribution < 1.29 is 14.5 Å². The fourth-order valence-electron chi connectivity index (χ4n) is 1.39. The predicted octanol–water partition coefficient (Wildman–Crippen LogP) is 1.46. The molecule has 2 N–H and O–H groups in total. The topological polar surface area (TPSA) is 95.5 Å². The minimum atomic E-state index is -0.823. The fraction of sp³-hybridized carbons (Fsp3) is 0.364. The summed E-state index contributed by atoms with van der Waals surface area (Å²) in [6, 6.07) is 2.95. The number of ether oxygens (including phenoxy) is 1. The molecule has 1 unspecified atom stereocenters. The number of aryl methyl sites for hydroxylation is 2. The number of rotatable bonds is 4. The quantitative estimate of drug-likeness (QED) is 0.634. The molecule has 0 radical (unpaired) electrons. The van der Waals surface area contributed by atoms with E-state index < -0.39 is 16.9 Å². The monoisotopic (exact) mass is 238 g/mol. The Balaban J connectivity index is 3.12. The molecular weight excluding hydrogens is 224 g/mol. The molecule has 1 rings (SSSR count). The molecule has 0 aliphatic rings. The molecule has 17 heavy (non-hydrogen) atoms. The van der Waals surface area contributed by atoms with E-state index in [1.54, 1.807) is 19.9 Å². The normalized spacial score (nSPS) is 11.9. The minimum absolute atomic E-state index is 0.0396. The zero-order valence-electron chi connectivity index (χ0n) is 9.89. The van der Waals surface area contributed by atoms with E-state index in [9.17, 15) is 14.9 Å². The van der Waals surface area contributed by atoms with Crippen molar-refractivity contribution in [1.82, 2.24) is 0 Å². The van der Waals surface area contributed by atoms with E-state index in [1.807, 2.05) is 0 Å². The van der Waals surface area contributed by atoms with Crippen LogP contribution in [-0.2, 0) is 4.79 Å². The van der Waals surface area contributed by atoms with Crippen molar-refractivity contribution in [2.45, 2.75) is 26.9 Å². The summed E-state index contributed by atoms with van der Waals surface area (Å²) in [5.74, 6) is -0.318. The summed E-state index contributed by atoms with van der Waals surface area (Å²) in [6.07, 6.45) is -0.823. The summed E-state index contributed by atoms with van der Waals surface area (Å²) in [5, 5.41) is 10.8. The van der Waals surface area contributed by atoms with Crippen molar-refractivity contribution in [2.24, 2.45) is 5.73 Å². The molecule has 1 amide bonds. The molecule has 1 aromatic carbocycles. The van der Waals surface area contributed by atoms with Gasteiger partial charge in [-0.25, -0.2) is 0 Å². The van der Waals surface area contributed by atoms with Crippen LogP contribution in [-0.4, -0.2) is 16.9 Å². The van der Waals surface area contributed by atoms with Crippen LogP contribution in [0.15, 0.2) is 12.1 Å². The Morgan fingerprint density at radius 2 is 2.00 bits per heavy atom. The van der Waals surface area contributed by atoms with Gasteiger partial charge in [-0.05, 0) is 32.4 Å². The molecule has 1 aromatic rings. The molecule has 0 aliphatic heterocycles. The van der Waals surface area contributed by atoms with Crippen LogP contribution in [0.5, 0.6) is 5.75 Å². The van der Waals surface area contributed by atoms with Crippen LogP contribution < -0.4 is 10.5 Å². The number of hydrogen-bond donors (Lipinski definition) is 1. The third-order valence-corrected chi connectivity index (χ3v) is 2.39. The van der Waals surface area contributed by atoms with Gasteiger partial charge >= 0.3 is 0 Å². The smallest absolute Gasteiger partial charge is 0.276 e. The average molecular weight is 238 g/mol. The van der Waals surface area contributed by atoms with E-state index >= 15 is 0 Å². The highest BCUT2D eigenvalue weighted by Crippen LogP contribution is 2.28. The van der Waals surface area contributed by atoms with Crippen molar-refractivity contribution in [3.05, 3.63) is 33.4 Å². The van der Waals surface area contributed by atoms with Gasteiger partial charge in [0, 0.05) is 5.56 Å². The number of nitrogens with zero attached hydrogens (tertiary/aromatic N) is 1. The lowest BCUT2D eigenvalue weighted by atomic mass is 10.1. The molecule has 0 fully saturated rings. The summed E-state index contributed by atoms with van der Waals surface area (Å²) in [6.45, 7) is 4.89. The van der Waals surface area contributed by atoms with Gasteiger partial charge < -0.3 is 10.5 Å². The first-order chi connectivity index (χ1) is 7.82. The number of hydrogen-bond acceptors (Lipinski definition) is 4. The predicted molar refractivity (Wildman–Crippen MR) is 61.9 cm³/mol. The van der Waals surface area contributed by atoms with Crippen molar-refractivity contribution in [3.8, 4) is 5.75 Å². The van der Waals surface area contributed by atoms with Crippen molar-refractivity contribution >= 4 is 11.6 Å². The number of amides is 1. The van der Waals surface area contributed by atoms with Gasteiger partial charge in [-0.3, -0.25) is 14.9 Å². The van der Waals surface area contributed by atoms with E-state index in [-0.39, 0.29) is 5.69 Å². The van der Waals surface area contributed by atoms with Crippen LogP contribution in [0.3, 0.4) is 0 Å². The lowest BCUT2D eigenvalue weighted by molar-refractivity contribution is -0.385. The first-order valence-electron chi connectivity index (χ1n) is 5.04. The van der Waals surface area contributed by atoms with Gasteiger partial charge in [0.2, 0.25) is 0 Å². The Kier molecular flexibility index (Phi) is 3.67. The Labute approximate surface area is 98.5 Å². The Hall–Kier alpha value is -2.11. The van der Waals surface area contributed by atoms with Crippen LogP contribution >= 0.6 is 0 Å². The van der Waals surface area contributed by atoms with Gasteiger partial charge in [0.25, 0.3) is 11.6 Å². The number of nitro benzene ring substituents is 1. The van der Waals surface area contributed by atoms with E-state index in [1.165, 1.54) is 13.0 Å². The first kappa shape index (κ1) is 13.0. The molecule has 0 saturated carbocycles. The van der Waals surface area contributed by atoms with Gasteiger partial charge in [0.1, 0.15) is 5.75 Å². The summed E-state index contributed by atoms with van der Waals surface area (Å²) >= 11 is 0. The number of carbonyl (C=O) groups is 1. The Morgan fingerprint density at radius 3 is 2.47 bits per heavy atom. The van der Waals surface area contributed by atoms with Gasteiger partial charge in [0.15, 0.2) is 6.10 Å². The SMILES string of the molecule is Cc1cc(C)c([N+](=O)[O-])cc1OC(C)C(N)=O. The van der Waals surface area contributed by atoms with Crippen molar-refractivity contribution in [2.75, 3.05) is 0 Å². The molecule has 92 valence electrons. The molecule has 6 nitrogen and oxygen atoms in total. The third kappa shape index (κ3) is 2.93. The number of primary amides is 1. The molecule has 0 aromatic heterocycles. The fourth-order valence-corrected chi connectivity index (χ4v) is 1.39. The summed E-state index contributed by atoms with van der Waals surface area (Å²) < 4.78 is 5.27. The van der Waals surface area contributed by atoms with Crippen molar-refractivity contribution in [3.63, 3.8) is 0 Å². The Morgan fingerprint density at radius 1 is 1.41 bits per heavy atom. The molecule has 0 bridgehead atoms. The lowest BCUT2D eigenvalue weighted by Gasteiger charge is -2.13. The maximum absolute atomic E-state index is 10.9. The third-order valence-electron chi connectivity index (χ3n) is 2.39. The van der Waals surface area contributed by atoms with Gasteiger partial charge in [0.05, 0.1) is 11.0 Å².